The van der Waals surface area contributed by atoms with Crippen molar-refractivity contribution in [2.45, 2.75) is 26.3 Å². The lowest BCUT2D eigenvalue weighted by atomic mass is 9.91. The number of aliphatic imine (C=N–C) groups is 1. The molecule has 8 heteroatoms. The van der Waals surface area contributed by atoms with Gasteiger partial charge in [-0.25, -0.2) is 9.79 Å². The van der Waals surface area contributed by atoms with Crippen LogP contribution in [-0.4, -0.2) is 47.0 Å². The Kier molecular flexibility index (Phi) is 7.44. The molecule has 2 aliphatic heterocycles. The van der Waals surface area contributed by atoms with Crippen LogP contribution in [0.2, 0.25) is 5.02 Å². The van der Waals surface area contributed by atoms with Crippen molar-refractivity contribution >= 4 is 46.1 Å². The molecule has 2 heterocycles. The first-order chi connectivity index (χ1) is 16.5. The molecule has 1 unspecified atom stereocenters. The molecule has 34 heavy (non-hydrogen) atoms. The highest BCUT2D eigenvalue weighted by Gasteiger charge is 2.43. The Hall–Kier alpha value is -3.03. The number of esters is 1. The Morgan fingerprint density at radius 1 is 1.12 bits per heavy atom. The van der Waals surface area contributed by atoms with Gasteiger partial charge in [0, 0.05) is 29.9 Å². The van der Waals surface area contributed by atoms with Gasteiger partial charge in [-0.1, -0.05) is 71.9 Å². The third-order valence-corrected chi connectivity index (χ3v) is 7.02. The van der Waals surface area contributed by atoms with E-state index in [9.17, 15) is 9.59 Å². The second-order valence-corrected chi connectivity index (χ2v) is 9.09. The highest BCUT2D eigenvalue weighted by molar-refractivity contribution is 8.16. The van der Waals surface area contributed by atoms with Gasteiger partial charge in [0.1, 0.15) is 0 Å². The number of amidine groups is 1. The van der Waals surface area contributed by atoms with Crippen LogP contribution in [0.1, 0.15) is 37.4 Å². The molecule has 2 aliphatic rings. The van der Waals surface area contributed by atoms with Gasteiger partial charge >= 0.3 is 5.97 Å². The average molecular weight is 496 g/mol. The number of ether oxygens (including phenoxy) is 1. The van der Waals surface area contributed by atoms with E-state index in [0.29, 0.717) is 28.0 Å². The fourth-order valence-corrected chi connectivity index (χ4v) is 5.10. The van der Waals surface area contributed by atoms with Gasteiger partial charge in [-0.05, 0) is 30.9 Å². The number of amides is 1. The summed E-state index contributed by atoms with van der Waals surface area (Å²) in [6, 6.07) is 16.4. The normalized spacial score (nSPS) is 17.2. The number of fused-ring (bicyclic) bond motifs is 1. The lowest BCUT2D eigenvalue weighted by Gasteiger charge is -2.37. The second kappa shape index (κ2) is 10.5. The molecule has 0 bridgehead atoms. The molecule has 176 valence electrons. The van der Waals surface area contributed by atoms with Crippen molar-refractivity contribution in [3.63, 3.8) is 0 Å². The maximum Gasteiger partial charge on any atom is 0.338 e. The van der Waals surface area contributed by atoms with E-state index in [4.69, 9.17) is 21.3 Å². The molecule has 0 aromatic heterocycles. The van der Waals surface area contributed by atoms with Gasteiger partial charge in [0.2, 0.25) is 5.91 Å². The van der Waals surface area contributed by atoms with Crippen LogP contribution in [0, 0.1) is 0 Å². The van der Waals surface area contributed by atoms with Crippen LogP contribution >= 0.6 is 23.4 Å². The summed E-state index contributed by atoms with van der Waals surface area (Å²) in [6.07, 6.45) is 0.189. The zero-order chi connectivity index (χ0) is 24.2. The zero-order valence-electron chi connectivity index (χ0n) is 19.3. The summed E-state index contributed by atoms with van der Waals surface area (Å²) in [7, 11) is 1.78. The lowest BCUT2D eigenvalue weighted by Crippen LogP contribution is -2.38. The first-order valence-electron chi connectivity index (χ1n) is 11.1. The van der Waals surface area contributed by atoms with Gasteiger partial charge in [-0.2, -0.15) is 0 Å². The Balaban J connectivity index is 1.91. The summed E-state index contributed by atoms with van der Waals surface area (Å²) in [6.45, 7) is 4.55. The maximum atomic E-state index is 13.4. The monoisotopic (exact) mass is 495 g/mol. The van der Waals surface area contributed by atoms with Gasteiger partial charge in [-0.15, -0.1) is 0 Å². The van der Waals surface area contributed by atoms with E-state index in [1.165, 1.54) is 11.8 Å². The van der Waals surface area contributed by atoms with Crippen molar-refractivity contribution in [3.05, 3.63) is 87.4 Å². The van der Waals surface area contributed by atoms with Crippen molar-refractivity contribution in [2.75, 3.05) is 20.2 Å². The number of thioether (sulfide) groups is 1. The van der Waals surface area contributed by atoms with Crippen LogP contribution in [0.5, 0.6) is 0 Å². The van der Waals surface area contributed by atoms with Gasteiger partial charge in [0.25, 0.3) is 0 Å². The Morgan fingerprint density at radius 2 is 1.82 bits per heavy atom. The SMILES string of the molecule is CCOC(=O)C1=C(c2ccccc2)N=C2SC=C(CC(=O)N(C)CC)N2C1c1ccccc1Cl. The molecular weight excluding hydrogens is 470 g/mol. The second-order valence-electron chi connectivity index (χ2n) is 7.85. The molecule has 4 rings (SSSR count). The molecule has 0 aliphatic carbocycles. The summed E-state index contributed by atoms with van der Waals surface area (Å²) < 4.78 is 5.51. The topological polar surface area (TPSA) is 62.2 Å². The molecule has 6 nitrogen and oxygen atoms in total. The molecule has 0 radical (unpaired) electrons. The number of hydrogen-bond donors (Lipinski definition) is 0. The van der Waals surface area contributed by atoms with Crippen molar-refractivity contribution in [2.24, 2.45) is 4.99 Å². The van der Waals surface area contributed by atoms with E-state index < -0.39 is 12.0 Å². The van der Waals surface area contributed by atoms with Crippen molar-refractivity contribution < 1.29 is 14.3 Å². The predicted octanol–water partition coefficient (Wildman–Crippen LogP) is 5.48. The summed E-state index contributed by atoms with van der Waals surface area (Å²) in [5, 5.41) is 3.15. The third-order valence-electron chi connectivity index (χ3n) is 5.78. The molecule has 0 saturated heterocycles. The summed E-state index contributed by atoms with van der Waals surface area (Å²) in [4.78, 5) is 34.7. The van der Waals surface area contributed by atoms with Gasteiger partial charge < -0.3 is 14.5 Å². The number of benzene rings is 2. The van der Waals surface area contributed by atoms with Crippen LogP contribution < -0.4 is 0 Å². The zero-order valence-corrected chi connectivity index (χ0v) is 20.9. The van der Waals surface area contributed by atoms with Crippen molar-refractivity contribution in [1.29, 1.82) is 0 Å². The molecule has 2 aromatic carbocycles. The highest BCUT2D eigenvalue weighted by atomic mass is 35.5. The predicted molar refractivity (Wildman–Crippen MR) is 137 cm³/mol. The maximum absolute atomic E-state index is 13.4. The first-order valence-corrected chi connectivity index (χ1v) is 12.4. The van der Waals surface area contributed by atoms with Crippen LogP contribution in [0.3, 0.4) is 0 Å². The van der Waals surface area contributed by atoms with Gasteiger partial charge in [0.15, 0.2) is 5.17 Å². The number of carbonyl (C=O) groups is 2. The van der Waals surface area contributed by atoms with Crippen LogP contribution in [0.4, 0.5) is 0 Å². The number of hydrogen-bond acceptors (Lipinski definition) is 6. The van der Waals surface area contributed by atoms with Crippen molar-refractivity contribution in [3.8, 4) is 0 Å². The fourth-order valence-electron chi connectivity index (χ4n) is 3.95. The van der Waals surface area contributed by atoms with Gasteiger partial charge in [-0.3, -0.25) is 4.79 Å². The van der Waals surface area contributed by atoms with Crippen LogP contribution in [0.25, 0.3) is 5.70 Å². The minimum absolute atomic E-state index is 0.0102. The Labute approximate surface area is 208 Å². The molecule has 1 atom stereocenters. The Morgan fingerprint density at radius 3 is 2.50 bits per heavy atom. The number of rotatable bonds is 7. The van der Waals surface area contributed by atoms with E-state index in [0.717, 1.165) is 16.8 Å². The lowest BCUT2D eigenvalue weighted by molar-refractivity contribution is -0.139. The summed E-state index contributed by atoms with van der Waals surface area (Å²) >= 11 is 8.11. The van der Waals surface area contributed by atoms with Crippen molar-refractivity contribution in [1.82, 2.24) is 9.80 Å². The molecule has 0 spiro atoms. The third kappa shape index (κ3) is 4.63. The Bertz CT molecular complexity index is 1190. The quantitative estimate of drug-likeness (QED) is 0.476. The number of nitrogens with zero attached hydrogens (tertiary/aromatic N) is 3. The van der Waals surface area contributed by atoms with Crippen LogP contribution in [-0.2, 0) is 14.3 Å². The molecule has 0 fully saturated rings. The minimum Gasteiger partial charge on any atom is -0.463 e. The molecule has 2 aromatic rings. The highest BCUT2D eigenvalue weighted by Crippen LogP contribution is 2.48. The summed E-state index contributed by atoms with van der Waals surface area (Å²) in [5.74, 6) is -0.466. The van der Waals surface area contributed by atoms with E-state index in [1.807, 2.05) is 65.8 Å². The smallest absolute Gasteiger partial charge is 0.338 e. The standard InChI is InChI=1S/C26H26ClN3O3S/c1-4-29(3)21(31)15-18-16-34-26-28-23(17-11-7-6-8-12-17)22(25(32)33-5-2)24(30(18)26)19-13-9-10-14-20(19)27/h6-14,16,24H,4-5,15H2,1-3H3. The number of halogens is 1. The summed E-state index contributed by atoms with van der Waals surface area (Å²) in [5.41, 5.74) is 3.28. The van der Waals surface area contributed by atoms with Crippen LogP contribution in [0.15, 0.2) is 76.3 Å². The largest absolute Gasteiger partial charge is 0.463 e. The minimum atomic E-state index is -0.587. The fraction of sp³-hybridized carbons (Fsp3) is 0.269. The molecular formula is C26H26ClN3O3S. The first kappa shape index (κ1) is 24.1. The molecule has 1 amide bonds. The van der Waals surface area contributed by atoms with E-state index in [-0.39, 0.29) is 18.9 Å². The van der Waals surface area contributed by atoms with Gasteiger partial charge in [0.05, 0.1) is 30.3 Å². The van der Waals surface area contributed by atoms with E-state index in [2.05, 4.69) is 0 Å². The molecule has 0 saturated carbocycles. The molecule has 0 N–H and O–H groups in total. The van der Waals surface area contributed by atoms with E-state index in [1.54, 1.807) is 24.9 Å². The van der Waals surface area contributed by atoms with E-state index >= 15 is 0 Å². The number of carbonyl (C=O) groups excluding carboxylic acids is 2. The average Bonchev–Trinajstić information content (AvgIpc) is 3.25.